The van der Waals surface area contributed by atoms with Crippen LogP contribution in [0.25, 0.3) is 0 Å². The molecular weight excluding hydrogens is 323 g/mol. The third-order valence-electron chi connectivity index (χ3n) is 4.31. The number of hydrogen-bond donors (Lipinski definition) is 3. The smallest absolute Gasteiger partial charge is 0.139 e. The van der Waals surface area contributed by atoms with Gasteiger partial charge in [0.15, 0.2) is 0 Å². The SMILES string of the molecule is CCC1CCC(O)(CNc2cc(Br)c(F)cc2N)CC1. The molecule has 1 fully saturated rings. The summed E-state index contributed by atoms with van der Waals surface area (Å²) in [4.78, 5) is 0. The maximum absolute atomic E-state index is 13.3. The second-order valence-electron chi connectivity index (χ2n) is 5.78. The average Bonchev–Trinajstić information content (AvgIpc) is 2.42. The van der Waals surface area contributed by atoms with E-state index in [1.807, 2.05) is 0 Å². The van der Waals surface area contributed by atoms with Gasteiger partial charge < -0.3 is 16.2 Å². The van der Waals surface area contributed by atoms with Gasteiger partial charge in [0, 0.05) is 12.6 Å². The second-order valence-corrected chi connectivity index (χ2v) is 6.64. The summed E-state index contributed by atoms with van der Waals surface area (Å²) in [6.07, 6.45) is 4.93. The van der Waals surface area contributed by atoms with Crippen molar-refractivity contribution in [1.29, 1.82) is 0 Å². The molecule has 0 aromatic heterocycles. The predicted molar refractivity (Wildman–Crippen MR) is 84.2 cm³/mol. The summed E-state index contributed by atoms with van der Waals surface area (Å²) in [6, 6.07) is 2.90. The fourth-order valence-corrected chi connectivity index (χ4v) is 3.12. The average molecular weight is 345 g/mol. The summed E-state index contributed by atoms with van der Waals surface area (Å²) in [5, 5.41) is 13.7. The molecule has 0 heterocycles. The zero-order valence-corrected chi connectivity index (χ0v) is 13.3. The normalized spacial score (nSPS) is 26.5. The van der Waals surface area contributed by atoms with Crippen LogP contribution in [0.2, 0.25) is 0 Å². The number of nitrogen functional groups attached to an aromatic ring is 1. The van der Waals surface area contributed by atoms with Crippen LogP contribution in [0.3, 0.4) is 0 Å². The Labute approximate surface area is 127 Å². The van der Waals surface area contributed by atoms with Gasteiger partial charge in [0.1, 0.15) is 5.82 Å². The van der Waals surface area contributed by atoms with Crippen molar-refractivity contribution in [2.45, 2.75) is 44.6 Å². The predicted octanol–water partition coefficient (Wildman–Crippen LogP) is 3.91. The zero-order valence-electron chi connectivity index (χ0n) is 11.8. The molecule has 2 rings (SSSR count). The van der Waals surface area contributed by atoms with Crippen LogP contribution < -0.4 is 11.1 Å². The lowest BCUT2D eigenvalue weighted by Crippen LogP contribution is -2.40. The molecule has 0 aliphatic heterocycles. The van der Waals surface area contributed by atoms with Gasteiger partial charge in [-0.2, -0.15) is 0 Å². The van der Waals surface area contributed by atoms with Gasteiger partial charge in [-0.15, -0.1) is 0 Å². The van der Waals surface area contributed by atoms with Crippen molar-refractivity contribution in [2.24, 2.45) is 5.92 Å². The van der Waals surface area contributed by atoms with E-state index in [0.717, 1.165) is 31.6 Å². The highest BCUT2D eigenvalue weighted by molar-refractivity contribution is 9.10. The lowest BCUT2D eigenvalue weighted by Gasteiger charge is -2.36. The fraction of sp³-hybridized carbons (Fsp3) is 0.600. The molecule has 1 aromatic carbocycles. The molecule has 0 spiro atoms. The van der Waals surface area contributed by atoms with E-state index in [2.05, 4.69) is 28.2 Å². The molecule has 1 aliphatic carbocycles. The van der Waals surface area contributed by atoms with Gasteiger partial charge in [0.05, 0.1) is 21.4 Å². The molecule has 0 atom stereocenters. The summed E-state index contributed by atoms with van der Waals surface area (Å²) >= 11 is 3.14. The Morgan fingerprint density at radius 3 is 2.70 bits per heavy atom. The molecular formula is C15H22BrFN2O. The highest BCUT2D eigenvalue weighted by Gasteiger charge is 2.32. The Morgan fingerprint density at radius 1 is 1.45 bits per heavy atom. The van der Waals surface area contributed by atoms with Crippen molar-refractivity contribution in [1.82, 2.24) is 0 Å². The molecule has 5 heteroatoms. The van der Waals surface area contributed by atoms with E-state index in [0.29, 0.717) is 22.4 Å². The van der Waals surface area contributed by atoms with Crippen LogP contribution in [0.4, 0.5) is 15.8 Å². The van der Waals surface area contributed by atoms with Crippen LogP contribution in [0, 0.1) is 11.7 Å². The van der Waals surface area contributed by atoms with Crippen LogP contribution in [-0.2, 0) is 0 Å². The number of hydrogen-bond acceptors (Lipinski definition) is 3. The number of benzene rings is 1. The largest absolute Gasteiger partial charge is 0.397 e. The fourth-order valence-electron chi connectivity index (χ4n) is 2.78. The van der Waals surface area contributed by atoms with Crippen LogP contribution in [0.15, 0.2) is 16.6 Å². The number of anilines is 2. The lowest BCUT2D eigenvalue weighted by atomic mass is 9.78. The molecule has 3 nitrogen and oxygen atoms in total. The number of nitrogens with one attached hydrogen (secondary N) is 1. The third kappa shape index (κ3) is 3.64. The monoisotopic (exact) mass is 344 g/mol. The van der Waals surface area contributed by atoms with Crippen molar-refractivity contribution < 1.29 is 9.50 Å². The lowest BCUT2D eigenvalue weighted by molar-refractivity contribution is 0.00231. The first-order chi connectivity index (χ1) is 9.43. The van der Waals surface area contributed by atoms with E-state index in [9.17, 15) is 9.50 Å². The van der Waals surface area contributed by atoms with Crippen molar-refractivity contribution in [2.75, 3.05) is 17.6 Å². The van der Waals surface area contributed by atoms with Crippen LogP contribution in [0.1, 0.15) is 39.0 Å². The van der Waals surface area contributed by atoms with Gasteiger partial charge in [0.25, 0.3) is 0 Å². The van der Waals surface area contributed by atoms with Gasteiger partial charge in [-0.3, -0.25) is 0 Å². The Kier molecular flexibility index (Phi) is 4.91. The third-order valence-corrected chi connectivity index (χ3v) is 4.92. The number of nitrogens with two attached hydrogens (primary N) is 1. The van der Waals surface area contributed by atoms with E-state index >= 15 is 0 Å². The first-order valence-electron chi connectivity index (χ1n) is 7.14. The minimum absolute atomic E-state index is 0.358. The van der Waals surface area contributed by atoms with Gasteiger partial charge in [-0.25, -0.2) is 4.39 Å². The Hall–Kier alpha value is -0.810. The Morgan fingerprint density at radius 2 is 2.10 bits per heavy atom. The van der Waals surface area contributed by atoms with Crippen LogP contribution >= 0.6 is 15.9 Å². The maximum Gasteiger partial charge on any atom is 0.139 e. The summed E-state index contributed by atoms with van der Waals surface area (Å²) in [5.74, 6) is 0.357. The summed E-state index contributed by atoms with van der Waals surface area (Å²) < 4.78 is 13.7. The highest BCUT2D eigenvalue weighted by atomic mass is 79.9. The minimum Gasteiger partial charge on any atom is -0.397 e. The molecule has 0 saturated heterocycles. The molecule has 0 bridgehead atoms. The topological polar surface area (TPSA) is 58.3 Å². The summed E-state index contributed by atoms with van der Waals surface area (Å²) in [6.45, 7) is 2.65. The first-order valence-corrected chi connectivity index (χ1v) is 7.93. The van der Waals surface area contributed by atoms with Crippen molar-refractivity contribution in [3.05, 3.63) is 22.4 Å². The maximum atomic E-state index is 13.3. The second kappa shape index (κ2) is 6.31. The molecule has 0 amide bonds. The van der Waals surface area contributed by atoms with E-state index in [4.69, 9.17) is 5.73 Å². The van der Waals surface area contributed by atoms with Crippen molar-refractivity contribution in [3.63, 3.8) is 0 Å². The van der Waals surface area contributed by atoms with E-state index in [1.165, 1.54) is 12.5 Å². The van der Waals surface area contributed by atoms with Crippen LogP contribution in [0.5, 0.6) is 0 Å². The molecule has 1 saturated carbocycles. The van der Waals surface area contributed by atoms with Gasteiger partial charge in [0.2, 0.25) is 0 Å². The van der Waals surface area contributed by atoms with Crippen molar-refractivity contribution >= 4 is 27.3 Å². The number of halogens is 2. The van der Waals surface area contributed by atoms with E-state index in [1.54, 1.807) is 6.07 Å². The summed E-state index contributed by atoms with van der Waals surface area (Å²) in [5.41, 5.74) is 6.12. The van der Waals surface area contributed by atoms with E-state index in [-0.39, 0.29) is 5.82 Å². The minimum atomic E-state index is -0.682. The van der Waals surface area contributed by atoms with E-state index < -0.39 is 5.60 Å². The number of rotatable bonds is 4. The first kappa shape index (κ1) is 15.6. The van der Waals surface area contributed by atoms with Crippen LogP contribution in [-0.4, -0.2) is 17.3 Å². The molecule has 1 aliphatic rings. The van der Waals surface area contributed by atoms with Gasteiger partial charge in [-0.05, 0) is 53.6 Å². The highest BCUT2D eigenvalue weighted by Crippen LogP contribution is 2.34. The number of aliphatic hydroxyl groups is 1. The Bertz CT molecular complexity index is 473. The molecule has 1 aromatic rings. The quantitative estimate of drug-likeness (QED) is 0.725. The molecule has 20 heavy (non-hydrogen) atoms. The molecule has 112 valence electrons. The van der Waals surface area contributed by atoms with Gasteiger partial charge in [-0.1, -0.05) is 13.3 Å². The standard InChI is InChI=1S/C15H22BrFN2O/c1-2-10-3-5-15(20,6-4-10)9-19-14-7-11(16)12(17)8-13(14)18/h7-8,10,19-20H,2-6,9,18H2,1H3. The Balaban J connectivity index is 1.97. The molecule has 0 radical (unpaired) electrons. The van der Waals surface area contributed by atoms with Crippen molar-refractivity contribution in [3.8, 4) is 0 Å². The summed E-state index contributed by atoms with van der Waals surface area (Å²) in [7, 11) is 0. The van der Waals surface area contributed by atoms with Gasteiger partial charge >= 0.3 is 0 Å². The molecule has 0 unspecified atom stereocenters. The zero-order chi connectivity index (χ0) is 14.8. The molecule has 4 N–H and O–H groups in total.